The Hall–Kier alpha value is -3.80. The Morgan fingerprint density at radius 1 is 0.714 bits per heavy atom. The van der Waals surface area contributed by atoms with E-state index in [4.69, 9.17) is 0 Å². The molecule has 3 aromatic heterocycles. The highest BCUT2D eigenvalue weighted by atomic mass is 15.3. The van der Waals surface area contributed by atoms with Crippen LogP contribution in [0.3, 0.4) is 0 Å². The highest BCUT2D eigenvalue weighted by molar-refractivity contribution is 5.87. The second kappa shape index (κ2) is 5.85. The lowest BCUT2D eigenvalue weighted by Crippen LogP contribution is -2.05. The molecule has 3 heterocycles. The van der Waals surface area contributed by atoms with Crippen LogP contribution in [0.1, 0.15) is 18.2 Å². The van der Waals surface area contributed by atoms with Gasteiger partial charge in [-0.1, -0.05) is 66.8 Å². The first kappa shape index (κ1) is 15.3. The largest absolute Gasteiger partial charge is 0.274 e. The minimum Gasteiger partial charge on any atom is -0.274 e. The molecular formula is C22H16N6. The Morgan fingerprint density at radius 3 is 2.21 bits per heavy atom. The Labute approximate surface area is 160 Å². The summed E-state index contributed by atoms with van der Waals surface area (Å²) in [5.41, 5.74) is 4.54. The summed E-state index contributed by atoms with van der Waals surface area (Å²) in [6.07, 6.45) is 9.39. The minimum atomic E-state index is 0.197. The zero-order valence-electron chi connectivity index (χ0n) is 15.0. The number of hydrogen-bond acceptors (Lipinski definition) is 4. The fourth-order valence-electron chi connectivity index (χ4n) is 3.96. The first-order valence-electron chi connectivity index (χ1n) is 9.31. The van der Waals surface area contributed by atoms with E-state index in [9.17, 15) is 0 Å². The van der Waals surface area contributed by atoms with Crippen LogP contribution in [-0.4, -0.2) is 29.2 Å². The smallest absolute Gasteiger partial charge is 0.207 e. The van der Waals surface area contributed by atoms with Crippen LogP contribution < -0.4 is 0 Å². The lowest BCUT2D eigenvalue weighted by molar-refractivity contribution is 0.764. The summed E-state index contributed by atoms with van der Waals surface area (Å²) < 4.78 is 4.21. The maximum absolute atomic E-state index is 4.55. The average Bonchev–Trinajstić information content (AvgIpc) is 3.40. The lowest BCUT2D eigenvalue weighted by atomic mass is 10.00. The van der Waals surface area contributed by atoms with E-state index < -0.39 is 0 Å². The topological polar surface area (TPSA) is 60.4 Å². The third-order valence-electron chi connectivity index (χ3n) is 5.26. The van der Waals surface area contributed by atoms with Crippen molar-refractivity contribution in [3.05, 3.63) is 84.7 Å². The third-order valence-corrected chi connectivity index (χ3v) is 5.26. The molecule has 6 rings (SSSR count). The van der Waals surface area contributed by atoms with Gasteiger partial charge in [-0.15, -0.1) is 20.4 Å². The summed E-state index contributed by atoms with van der Waals surface area (Å²) in [5, 5.41) is 18.0. The van der Waals surface area contributed by atoms with E-state index in [1.807, 2.05) is 42.5 Å². The molecule has 0 aliphatic heterocycles. The summed E-state index contributed by atoms with van der Waals surface area (Å²) in [6, 6.07) is 18.4. The SMILES string of the molecule is C1=CCC(c2nnc3c4nnc(-c5ccccc5)n4c4ccccc4n23)C=C1. The predicted molar refractivity (Wildman–Crippen MR) is 108 cm³/mol. The van der Waals surface area contributed by atoms with Gasteiger partial charge in [0, 0.05) is 11.5 Å². The van der Waals surface area contributed by atoms with E-state index in [-0.39, 0.29) is 5.92 Å². The van der Waals surface area contributed by atoms with E-state index in [2.05, 4.69) is 65.6 Å². The van der Waals surface area contributed by atoms with Gasteiger partial charge in [0.1, 0.15) is 5.82 Å². The van der Waals surface area contributed by atoms with Gasteiger partial charge in [0.2, 0.25) is 11.3 Å². The molecule has 0 saturated carbocycles. The molecule has 28 heavy (non-hydrogen) atoms. The standard InChI is InChI=1S/C22H16N6/c1-3-9-15(10-4-1)19-23-25-21-22-26-24-20(16-11-5-2-6-12-16)28(22)18-14-8-7-13-17(18)27(19)21/h1-11,13-14,16H,12H2. The second-order valence-corrected chi connectivity index (χ2v) is 6.91. The van der Waals surface area contributed by atoms with E-state index >= 15 is 0 Å². The minimum absolute atomic E-state index is 0.197. The van der Waals surface area contributed by atoms with E-state index in [0.29, 0.717) is 5.65 Å². The highest BCUT2D eigenvalue weighted by Gasteiger charge is 2.22. The normalized spacial score (nSPS) is 16.5. The number of benzene rings is 2. The predicted octanol–water partition coefficient (Wildman–Crippen LogP) is 4.19. The zero-order chi connectivity index (χ0) is 18.5. The molecule has 1 aliphatic rings. The van der Waals surface area contributed by atoms with Crippen molar-refractivity contribution in [2.75, 3.05) is 0 Å². The lowest BCUT2D eigenvalue weighted by Gasteiger charge is -2.13. The molecule has 5 aromatic rings. The molecule has 0 spiro atoms. The van der Waals surface area contributed by atoms with Crippen molar-refractivity contribution in [1.29, 1.82) is 0 Å². The molecule has 0 N–H and O–H groups in total. The van der Waals surface area contributed by atoms with Crippen LogP contribution in [0.15, 0.2) is 78.9 Å². The van der Waals surface area contributed by atoms with Crippen LogP contribution in [0, 0.1) is 0 Å². The fraction of sp³-hybridized carbons (Fsp3) is 0.0909. The van der Waals surface area contributed by atoms with Crippen molar-refractivity contribution in [3.63, 3.8) is 0 Å². The average molecular weight is 364 g/mol. The molecule has 134 valence electrons. The van der Waals surface area contributed by atoms with Crippen molar-refractivity contribution in [1.82, 2.24) is 29.2 Å². The van der Waals surface area contributed by atoms with Gasteiger partial charge in [-0.05, 0) is 18.6 Å². The highest BCUT2D eigenvalue weighted by Crippen LogP contribution is 2.30. The Morgan fingerprint density at radius 2 is 1.43 bits per heavy atom. The van der Waals surface area contributed by atoms with Gasteiger partial charge in [-0.3, -0.25) is 8.80 Å². The second-order valence-electron chi connectivity index (χ2n) is 6.91. The fourth-order valence-corrected chi connectivity index (χ4v) is 3.96. The van der Waals surface area contributed by atoms with Crippen LogP contribution in [0.25, 0.3) is 33.7 Å². The van der Waals surface area contributed by atoms with Crippen molar-refractivity contribution >= 4 is 22.3 Å². The quantitative estimate of drug-likeness (QED) is 0.471. The molecule has 0 fully saturated rings. The summed E-state index contributed by atoms with van der Waals surface area (Å²) in [6.45, 7) is 0. The molecule has 0 bridgehead atoms. The molecule has 1 aliphatic carbocycles. The number of nitrogens with zero attached hydrogens (tertiary/aromatic N) is 6. The van der Waals surface area contributed by atoms with Crippen molar-refractivity contribution in [2.45, 2.75) is 12.3 Å². The molecule has 6 heteroatoms. The number of hydrogen-bond donors (Lipinski definition) is 0. The van der Waals surface area contributed by atoms with Gasteiger partial charge in [0.25, 0.3) is 0 Å². The first-order valence-corrected chi connectivity index (χ1v) is 9.31. The van der Waals surface area contributed by atoms with E-state index in [1.165, 1.54) is 0 Å². The van der Waals surface area contributed by atoms with Gasteiger partial charge in [0.15, 0.2) is 5.82 Å². The van der Waals surface area contributed by atoms with Crippen LogP contribution in [0.4, 0.5) is 0 Å². The van der Waals surface area contributed by atoms with Gasteiger partial charge in [0.05, 0.1) is 11.0 Å². The van der Waals surface area contributed by atoms with E-state index in [0.717, 1.165) is 40.3 Å². The van der Waals surface area contributed by atoms with Crippen LogP contribution >= 0.6 is 0 Å². The number of fused-ring (bicyclic) bond motifs is 6. The number of aromatic nitrogens is 6. The molecule has 0 amide bonds. The van der Waals surface area contributed by atoms with Gasteiger partial charge in [-0.25, -0.2) is 0 Å². The van der Waals surface area contributed by atoms with Crippen LogP contribution in [-0.2, 0) is 0 Å². The maximum Gasteiger partial charge on any atom is 0.207 e. The number of rotatable bonds is 2. The zero-order valence-corrected chi connectivity index (χ0v) is 15.0. The molecule has 0 saturated heterocycles. The van der Waals surface area contributed by atoms with Gasteiger partial charge >= 0.3 is 0 Å². The monoisotopic (exact) mass is 364 g/mol. The van der Waals surface area contributed by atoms with Crippen LogP contribution in [0.2, 0.25) is 0 Å². The molecule has 1 unspecified atom stereocenters. The molecule has 0 radical (unpaired) electrons. The van der Waals surface area contributed by atoms with Crippen molar-refractivity contribution in [2.24, 2.45) is 0 Å². The summed E-state index contributed by atoms with van der Waals surface area (Å²) >= 11 is 0. The summed E-state index contributed by atoms with van der Waals surface area (Å²) in [7, 11) is 0. The first-order chi connectivity index (χ1) is 13.9. The maximum atomic E-state index is 4.55. The Bertz CT molecular complexity index is 1390. The summed E-state index contributed by atoms with van der Waals surface area (Å²) in [4.78, 5) is 0. The third kappa shape index (κ3) is 2.08. The Balaban J connectivity index is 1.74. The number of para-hydroxylation sites is 2. The van der Waals surface area contributed by atoms with Gasteiger partial charge in [-0.2, -0.15) is 0 Å². The van der Waals surface area contributed by atoms with Crippen LogP contribution in [0.5, 0.6) is 0 Å². The van der Waals surface area contributed by atoms with Crippen molar-refractivity contribution in [3.8, 4) is 11.4 Å². The molecule has 1 atom stereocenters. The molecule has 6 nitrogen and oxygen atoms in total. The molecule has 2 aromatic carbocycles. The molecular weight excluding hydrogens is 348 g/mol. The van der Waals surface area contributed by atoms with E-state index in [1.54, 1.807) is 0 Å². The number of allylic oxidation sites excluding steroid dienone is 4. The van der Waals surface area contributed by atoms with Crippen molar-refractivity contribution < 1.29 is 0 Å². The van der Waals surface area contributed by atoms with Gasteiger partial charge < -0.3 is 0 Å². The summed E-state index contributed by atoms with van der Waals surface area (Å²) in [5.74, 6) is 1.93. The Kier molecular flexibility index (Phi) is 3.19.